The summed E-state index contributed by atoms with van der Waals surface area (Å²) in [7, 11) is 1.79. The van der Waals surface area contributed by atoms with Gasteiger partial charge in [-0.15, -0.1) is 6.58 Å². The van der Waals surface area contributed by atoms with E-state index in [0.717, 1.165) is 38.6 Å². The number of rotatable bonds is 5. The fourth-order valence-electron chi connectivity index (χ4n) is 2.76. The SMILES string of the molecule is C=CCNC(=NC)NCC1(c2ccccc2)CCOCC1. The molecule has 0 spiro atoms. The van der Waals surface area contributed by atoms with E-state index in [1.54, 1.807) is 7.05 Å². The van der Waals surface area contributed by atoms with Crippen molar-refractivity contribution < 1.29 is 4.74 Å². The Hall–Kier alpha value is -1.81. The van der Waals surface area contributed by atoms with Crippen LogP contribution in [0.5, 0.6) is 0 Å². The van der Waals surface area contributed by atoms with E-state index in [1.165, 1.54) is 5.56 Å². The predicted octanol–water partition coefficient (Wildman–Crippen LogP) is 2.09. The lowest BCUT2D eigenvalue weighted by atomic mass is 9.74. The standard InChI is InChI=1S/C17H25N3O/c1-3-11-19-16(18-2)20-14-17(9-12-21-13-10-17)15-7-5-4-6-8-15/h3-8H,1,9-14H2,2H3,(H2,18,19,20). The summed E-state index contributed by atoms with van der Waals surface area (Å²) in [6.45, 7) is 6.91. The first-order valence-electron chi connectivity index (χ1n) is 7.49. The molecule has 4 heteroatoms. The summed E-state index contributed by atoms with van der Waals surface area (Å²) in [6.07, 6.45) is 3.89. The fourth-order valence-corrected chi connectivity index (χ4v) is 2.76. The van der Waals surface area contributed by atoms with Crippen LogP contribution in [0.1, 0.15) is 18.4 Å². The second-order valence-electron chi connectivity index (χ2n) is 5.35. The normalized spacial score (nSPS) is 18.0. The quantitative estimate of drug-likeness (QED) is 0.495. The zero-order valence-corrected chi connectivity index (χ0v) is 12.8. The first-order chi connectivity index (χ1) is 10.3. The van der Waals surface area contributed by atoms with Crippen LogP contribution in [0.2, 0.25) is 0 Å². The molecule has 0 amide bonds. The van der Waals surface area contributed by atoms with Crippen molar-refractivity contribution in [2.45, 2.75) is 18.3 Å². The molecular formula is C17H25N3O. The van der Waals surface area contributed by atoms with Crippen LogP contribution in [0.4, 0.5) is 0 Å². The van der Waals surface area contributed by atoms with Crippen LogP contribution in [-0.4, -0.2) is 39.3 Å². The van der Waals surface area contributed by atoms with E-state index in [9.17, 15) is 0 Å². The summed E-state index contributed by atoms with van der Waals surface area (Å²) >= 11 is 0. The number of nitrogens with one attached hydrogen (secondary N) is 2. The van der Waals surface area contributed by atoms with Gasteiger partial charge in [-0.2, -0.15) is 0 Å². The molecule has 0 saturated carbocycles. The van der Waals surface area contributed by atoms with Crippen molar-refractivity contribution in [3.8, 4) is 0 Å². The average molecular weight is 287 g/mol. The van der Waals surface area contributed by atoms with Gasteiger partial charge in [0.15, 0.2) is 5.96 Å². The highest BCUT2D eigenvalue weighted by molar-refractivity contribution is 5.79. The van der Waals surface area contributed by atoms with Gasteiger partial charge in [0.1, 0.15) is 0 Å². The molecule has 4 nitrogen and oxygen atoms in total. The Labute approximate surface area is 127 Å². The maximum absolute atomic E-state index is 5.56. The van der Waals surface area contributed by atoms with E-state index < -0.39 is 0 Å². The maximum atomic E-state index is 5.56. The number of hydrogen-bond acceptors (Lipinski definition) is 2. The molecule has 0 atom stereocenters. The summed E-state index contributed by atoms with van der Waals surface area (Å²) in [6, 6.07) is 10.7. The van der Waals surface area contributed by atoms with Gasteiger partial charge in [0.05, 0.1) is 0 Å². The van der Waals surface area contributed by atoms with Gasteiger partial charge in [-0.1, -0.05) is 36.4 Å². The van der Waals surface area contributed by atoms with Gasteiger partial charge in [-0.05, 0) is 18.4 Å². The Kier molecular flexibility index (Phi) is 5.81. The fraction of sp³-hybridized carbons (Fsp3) is 0.471. The minimum absolute atomic E-state index is 0.116. The van der Waals surface area contributed by atoms with Crippen molar-refractivity contribution in [1.29, 1.82) is 0 Å². The molecular weight excluding hydrogens is 262 g/mol. The van der Waals surface area contributed by atoms with Crippen molar-refractivity contribution in [3.63, 3.8) is 0 Å². The van der Waals surface area contributed by atoms with E-state index >= 15 is 0 Å². The monoisotopic (exact) mass is 287 g/mol. The third-order valence-electron chi connectivity index (χ3n) is 4.07. The zero-order chi connectivity index (χ0) is 15.0. The summed E-state index contributed by atoms with van der Waals surface area (Å²) in [5.74, 6) is 0.816. The molecule has 1 aromatic carbocycles. The van der Waals surface area contributed by atoms with Crippen LogP contribution in [0, 0.1) is 0 Å². The van der Waals surface area contributed by atoms with E-state index in [0.29, 0.717) is 6.54 Å². The van der Waals surface area contributed by atoms with Crippen LogP contribution < -0.4 is 10.6 Å². The van der Waals surface area contributed by atoms with Gasteiger partial charge >= 0.3 is 0 Å². The van der Waals surface area contributed by atoms with Gasteiger partial charge < -0.3 is 15.4 Å². The van der Waals surface area contributed by atoms with Crippen molar-refractivity contribution in [3.05, 3.63) is 48.6 Å². The van der Waals surface area contributed by atoms with Crippen molar-refractivity contribution >= 4 is 5.96 Å². The molecule has 21 heavy (non-hydrogen) atoms. The molecule has 1 aromatic rings. The lowest BCUT2D eigenvalue weighted by Gasteiger charge is -2.38. The van der Waals surface area contributed by atoms with E-state index in [4.69, 9.17) is 4.74 Å². The van der Waals surface area contributed by atoms with Gasteiger partial charge in [-0.3, -0.25) is 4.99 Å². The topological polar surface area (TPSA) is 45.7 Å². The Morgan fingerprint density at radius 2 is 2.00 bits per heavy atom. The van der Waals surface area contributed by atoms with Crippen LogP contribution in [0.25, 0.3) is 0 Å². The van der Waals surface area contributed by atoms with Crippen molar-refractivity contribution in [1.82, 2.24) is 10.6 Å². The van der Waals surface area contributed by atoms with Gasteiger partial charge in [0.25, 0.3) is 0 Å². The maximum Gasteiger partial charge on any atom is 0.191 e. The predicted molar refractivity (Wildman–Crippen MR) is 87.7 cm³/mol. The Morgan fingerprint density at radius 1 is 1.29 bits per heavy atom. The third-order valence-corrected chi connectivity index (χ3v) is 4.07. The Balaban J connectivity index is 2.08. The molecule has 2 rings (SSSR count). The van der Waals surface area contributed by atoms with Crippen LogP contribution in [0.15, 0.2) is 48.0 Å². The van der Waals surface area contributed by atoms with Crippen LogP contribution >= 0.6 is 0 Å². The van der Waals surface area contributed by atoms with Gasteiger partial charge in [0.2, 0.25) is 0 Å². The second kappa shape index (κ2) is 7.84. The molecule has 1 fully saturated rings. The van der Waals surface area contributed by atoms with E-state index in [1.807, 2.05) is 6.08 Å². The molecule has 1 aliphatic rings. The lowest BCUT2D eigenvalue weighted by Crippen LogP contribution is -2.48. The first kappa shape index (κ1) is 15.6. The van der Waals surface area contributed by atoms with Crippen LogP contribution in [0.3, 0.4) is 0 Å². The average Bonchev–Trinajstić information content (AvgIpc) is 2.57. The summed E-state index contributed by atoms with van der Waals surface area (Å²) in [5.41, 5.74) is 1.49. The van der Waals surface area contributed by atoms with E-state index in [2.05, 4.69) is 52.5 Å². The van der Waals surface area contributed by atoms with Crippen LogP contribution in [-0.2, 0) is 10.2 Å². The molecule has 0 aromatic heterocycles. The number of aliphatic imine (C=N–C) groups is 1. The highest BCUT2D eigenvalue weighted by atomic mass is 16.5. The van der Waals surface area contributed by atoms with Crippen molar-refractivity contribution in [2.24, 2.45) is 4.99 Å². The summed E-state index contributed by atoms with van der Waals surface area (Å²) in [4.78, 5) is 4.25. The molecule has 1 aliphatic heterocycles. The molecule has 0 unspecified atom stereocenters. The molecule has 0 bridgehead atoms. The molecule has 114 valence electrons. The number of nitrogens with zero attached hydrogens (tertiary/aromatic N) is 1. The largest absolute Gasteiger partial charge is 0.381 e. The summed E-state index contributed by atoms with van der Waals surface area (Å²) in [5, 5.41) is 6.67. The van der Waals surface area contributed by atoms with Crippen molar-refractivity contribution in [2.75, 3.05) is 33.4 Å². The minimum Gasteiger partial charge on any atom is -0.381 e. The summed E-state index contributed by atoms with van der Waals surface area (Å²) < 4.78 is 5.56. The van der Waals surface area contributed by atoms with E-state index in [-0.39, 0.29) is 5.41 Å². The van der Waals surface area contributed by atoms with Gasteiger partial charge in [-0.25, -0.2) is 0 Å². The van der Waals surface area contributed by atoms with Gasteiger partial charge in [0, 0.05) is 38.8 Å². The third kappa shape index (κ3) is 4.08. The molecule has 2 N–H and O–H groups in total. The Morgan fingerprint density at radius 3 is 2.62 bits per heavy atom. The Bertz CT molecular complexity index is 464. The molecule has 1 heterocycles. The number of guanidine groups is 1. The number of hydrogen-bond donors (Lipinski definition) is 2. The zero-order valence-electron chi connectivity index (χ0n) is 12.8. The smallest absolute Gasteiger partial charge is 0.191 e. The number of ether oxygens (including phenoxy) is 1. The molecule has 0 aliphatic carbocycles. The highest BCUT2D eigenvalue weighted by Gasteiger charge is 2.34. The molecule has 1 saturated heterocycles. The number of benzene rings is 1. The lowest BCUT2D eigenvalue weighted by molar-refractivity contribution is 0.0514. The molecule has 0 radical (unpaired) electrons. The highest BCUT2D eigenvalue weighted by Crippen LogP contribution is 2.34. The first-order valence-corrected chi connectivity index (χ1v) is 7.49. The second-order valence-corrected chi connectivity index (χ2v) is 5.35. The minimum atomic E-state index is 0.116.